The maximum Gasteiger partial charge on any atom is 0.268 e. The van der Waals surface area contributed by atoms with Gasteiger partial charge in [-0.15, -0.1) is 0 Å². The van der Waals surface area contributed by atoms with E-state index in [1.54, 1.807) is 6.08 Å². The molecule has 0 saturated heterocycles. The van der Waals surface area contributed by atoms with E-state index < -0.39 is 20.0 Å². The topological polar surface area (TPSA) is 108 Å². The molecule has 0 aromatic rings. The van der Waals surface area contributed by atoms with Crippen LogP contribution < -0.4 is 10.2 Å². The number of amides is 1. The molecule has 78 heavy (non-hydrogen) atoms. The first-order chi connectivity index (χ1) is 38.0. The molecule has 0 saturated carbocycles. The zero-order chi connectivity index (χ0) is 57.0. The summed E-state index contributed by atoms with van der Waals surface area (Å²) < 4.78 is 23.4. The summed E-state index contributed by atoms with van der Waals surface area (Å²) in [6, 6.07) is -0.902. The number of unbranched alkanes of at least 4 members (excludes halogenated alkanes) is 50. The Labute approximate surface area is 487 Å². The van der Waals surface area contributed by atoms with E-state index in [4.69, 9.17) is 9.05 Å². The van der Waals surface area contributed by atoms with Gasteiger partial charge in [-0.2, -0.15) is 0 Å². The van der Waals surface area contributed by atoms with Gasteiger partial charge in [-0.1, -0.05) is 346 Å². The second kappa shape index (κ2) is 60.6. The summed E-state index contributed by atoms with van der Waals surface area (Å²) in [6.45, 7) is 4.70. The third kappa shape index (κ3) is 62.6. The summed E-state index contributed by atoms with van der Waals surface area (Å²) in [5.41, 5.74) is 0. The van der Waals surface area contributed by atoms with Gasteiger partial charge in [0.1, 0.15) is 13.2 Å². The van der Waals surface area contributed by atoms with Crippen LogP contribution >= 0.6 is 7.82 Å². The molecular formula is C69H137N2O6P. The van der Waals surface area contributed by atoms with E-state index in [9.17, 15) is 19.4 Å². The molecule has 0 aromatic heterocycles. The van der Waals surface area contributed by atoms with Crippen molar-refractivity contribution in [1.82, 2.24) is 5.32 Å². The minimum atomic E-state index is -4.61. The van der Waals surface area contributed by atoms with Gasteiger partial charge >= 0.3 is 0 Å². The van der Waals surface area contributed by atoms with Crippen LogP contribution in [0.2, 0.25) is 0 Å². The molecule has 1 amide bonds. The van der Waals surface area contributed by atoms with Crippen molar-refractivity contribution in [3.8, 4) is 0 Å². The standard InChI is InChI=1S/C69H137N2O6P/c1-6-8-10-12-14-16-18-20-22-24-26-28-30-32-33-34-35-36-37-39-40-42-44-46-48-50-52-54-56-58-60-62-68(72)67(66-77-78(74,75)76-65-64-71(3,4)5)70-69(73)63-61-59-57-55-53-51-49-47-45-43-41-38-31-29-27-25-23-21-19-17-15-13-11-9-7-2/h52,54,60,62,67-68,72H,6-51,53,55-59,61,63-66H2,1-5H3,(H-,70,73,74,75)/b54-52+,62-60+. The number of hydrogen-bond acceptors (Lipinski definition) is 6. The fraction of sp³-hybridized carbons (Fsp3) is 0.928. The van der Waals surface area contributed by atoms with Crippen molar-refractivity contribution in [3.05, 3.63) is 24.3 Å². The molecule has 2 N–H and O–H groups in total. The molecular weight excluding hydrogens is 984 g/mol. The highest BCUT2D eigenvalue weighted by molar-refractivity contribution is 7.45. The number of quaternary nitrogens is 1. The molecule has 8 nitrogen and oxygen atoms in total. The molecule has 0 aromatic carbocycles. The normalized spacial score (nSPS) is 13.8. The lowest BCUT2D eigenvalue weighted by Gasteiger charge is -2.29. The molecule has 0 aliphatic heterocycles. The number of phosphoric ester groups is 1. The van der Waals surface area contributed by atoms with Crippen LogP contribution in [0.15, 0.2) is 24.3 Å². The number of phosphoric acid groups is 1. The van der Waals surface area contributed by atoms with Gasteiger partial charge in [-0.05, 0) is 32.1 Å². The van der Waals surface area contributed by atoms with Crippen LogP contribution in [-0.2, 0) is 18.4 Å². The summed E-state index contributed by atoms with van der Waals surface area (Å²) in [7, 11) is 1.26. The minimum absolute atomic E-state index is 0.00342. The number of nitrogens with one attached hydrogen (secondary N) is 1. The zero-order valence-electron chi connectivity index (χ0n) is 53.2. The van der Waals surface area contributed by atoms with Crippen molar-refractivity contribution >= 4 is 13.7 Å². The number of aliphatic hydroxyl groups excluding tert-OH is 1. The number of rotatable bonds is 65. The summed E-state index contributed by atoms with van der Waals surface area (Å²) in [5, 5.41) is 13.9. The molecule has 3 atom stereocenters. The lowest BCUT2D eigenvalue weighted by molar-refractivity contribution is -0.870. The molecule has 3 unspecified atom stereocenters. The molecule has 9 heteroatoms. The summed E-state index contributed by atoms with van der Waals surface area (Å²) in [4.78, 5) is 25.6. The van der Waals surface area contributed by atoms with Crippen molar-refractivity contribution < 1.29 is 32.9 Å². The number of carbonyl (C=O) groups is 1. The summed E-state index contributed by atoms with van der Waals surface area (Å²) >= 11 is 0. The predicted molar refractivity (Wildman–Crippen MR) is 339 cm³/mol. The highest BCUT2D eigenvalue weighted by atomic mass is 31.2. The molecule has 0 aliphatic rings. The molecule has 0 fully saturated rings. The van der Waals surface area contributed by atoms with E-state index in [-0.39, 0.29) is 19.1 Å². The fourth-order valence-corrected chi connectivity index (χ4v) is 11.5. The summed E-state index contributed by atoms with van der Waals surface area (Å²) in [6.07, 6.45) is 78.8. The van der Waals surface area contributed by atoms with Gasteiger partial charge in [-0.25, -0.2) is 0 Å². The second-order valence-corrected chi connectivity index (χ2v) is 26.7. The van der Waals surface area contributed by atoms with Crippen molar-refractivity contribution in [2.75, 3.05) is 40.9 Å². The monoisotopic (exact) mass is 1120 g/mol. The Morgan fingerprint density at radius 3 is 1.04 bits per heavy atom. The Hall–Kier alpha value is -1.02. The lowest BCUT2D eigenvalue weighted by atomic mass is 10.0. The quantitative estimate of drug-likeness (QED) is 0.0272. The van der Waals surface area contributed by atoms with Crippen molar-refractivity contribution in [1.29, 1.82) is 0 Å². The van der Waals surface area contributed by atoms with Crippen LogP contribution in [0.4, 0.5) is 0 Å². The average molecular weight is 1120 g/mol. The summed E-state index contributed by atoms with van der Waals surface area (Å²) in [5.74, 6) is -0.198. The number of likely N-dealkylation sites (N-methyl/N-ethyl adjacent to an activating group) is 1. The van der Waals surface area contributed by atoms with Crippen molar-refractivity contribution in [2.24, 2.45) is 0 Å². The third-order valence-electron chi connectivity index (χ3n) is 16.2. The van der Waals surface area contributed by atoms with Gasteiger partial charge in [-0.3, -0.25) is 9.36 Å². The first-order valence-corrected chi connectivity index (χ1v) is 36.2. The molecule has 0 heterocycles. The van der Waals surface area contributed by atoms with E-state index >= 15 is 0 Å². The average Bonchev–Trinajstić information content (AvgIpc) is 3.41. The second-order valence-electron chi connectivity index (χ2n) is 25.2. The highest BCUT2D eigenvalue weighted by Gasteiger charge is 2.23. The van der Waals surface area contributed by atoms with Gasteiger partial charge in [0, 0.05) is 6.42 Å². The van der Waals surface area contributed by atoms with Crippen LogP contribution in [-0.4, -0.2) is 68.5 Å². The highest BCUT2D eigenvalue weighted by Crippen LogP contribution is 2.38. The maximum absolute atomic E-state index is 13.0. The predicted octanol–water partition coefficient (Wildman–Crippen LogP) is 21.3. The van der Waals surface area contributed by atoms with Gasteiger partial charge in [0.25, 0.3) is 7.82 Å². The smallest absolute Gasteiger partial charge is 0.268 e. The molecule has 0 rings (SSSR count). The number of nitrogens with zero attached hydrogens (tertiary/aromatic N) is 1. The Balaban J connectivity index is 4.08. The van der Waals surface area contributed by atoms with Crippen molar-refractivity contribution in [3.63, 3.8) is 0 Å². The zero-order valence-corrected chi connectivity index (χ0v) is 54.0. The first-order valence-electron chi connectivity index (χ1n) is 34.7. The van der Waals surface area contributed by atoms with Crippen LogP contribution in [0.3, 0.4) is 0 Å². The Bertz CT molecular complexity index is 1320. The maximum atomic E-state index is 13.0. The van der Waals surface area contributed by atoms with Gasteiger partial charge in [0.2, 0.25) is 5.91 Å². The molecule has 0 radical (unpaired) electrons. The SMILES string of the molecule is CCCCCCCCCCCCCCCCCCCCCCCCCCC/C=C/CC/C=C/C(O)C(COP(=O)([O-])OCC[N+](C)(C)C)NC(=O)CCCCCCCCCCCCCCCCCCCCCCCCCCC. The van der Waals surface area contributed by atoms with E-state index in [1.807, 2.05) is 27.2 Å². The third-order valence-corrected chi connectivity index (χ3v) is 17.1. The first kappa shape index (κ1) is 77.0. The molecule has 464 valence electrons. The van der Waals surface area contributed by atoms with E-state index in [0.717, 1.165) is 38.5 Å². The van der Waals surface area contributed by atoms with Crippen LogP contribution in [0, 0.1) is 0 Å². The Kier molecular flexibility index (Phi) is 59.8. The van der Waals surface area contributed by atoms with Gasteiger partial charge in [0.15, 0.2) is 0 Å². The number of carbonyl (C=O) groups excluding carboxylic acids is 1. The van der Waals surface area contributed by atoms with Crippen LogP contribution in [0.1, 0.15) is 361 Å². The largest absolute Gasteiger partial charge is 0.756 e. The number of hydrogen-bond donors (Lipinski definition) is 2. The fourth-order valence-electron chi connectivity index (χ4n) is 10.8. The van der Waals surface area contributed by atoms with Gasteiger partial charge < -0.3 is 28.8 Å². The lowest BCUT2D eigenvalue weighted by Crippen LogP contribution is -2.45. The van der Waals surface area contributed by atoms with E-state index in [0.29, 0.717) is 17.4 Å². The van der Waals surface area contributed by atoms with Crippen LogP contribution in [0.5, 0.6) is 0 Å². The van der Waals surface area contributed by atoms with E-state index in [1.165, 1.54) is 302 Å². The van der Waals surface area contributed by atoms with Crippen LogP contribution in [0.25, 0.3) is 0 Å². The van der Waals surface area contributed by atoms with Crippen molar-refractivity contribution in [2.45, 2.75) is 373 Å². The Morgan fingerprint density at radius 2 is 0.718 bits per heavy atom. The number of aliphatic hydroxyl groups is 1. The molecule has 0 bridgehead atoms. The number of allylic oxidation sites excluding steroid dienone is 3. The Morgan fingerprint density at radius 1 is 0.436 bits per heavy atom. The van der Waals surface area contributed by atoms with E-state index in [2.05, 4.69) is 31.3 Å². The molecule has 0 aliphatic carbocycles. The molecule has 0 spiro atoms. The minimum Gasteiger partial charge on any atom is -0.756 e. The van der Waals surface area contributed by atoms with Gasteiger partial charge in [0.05, 0.1) is 39.9 Å².